The number of primary amides is 1. The minimum absolute atomic E-state index is 0.366. The third kappa shape index (κ3) is 2.79. The summed E-state index contributed by atoms with van der Waals surface area (Å²) in [6.45, 7) is 6.61. The number of rotatable bonds is 6. The topological polar surface area (TPSA) is 122 Å². The average Bonchev–Trinajstić information content (AvgIpc) is 2.84. The van der Waals surface area contributed by atoms with Gasteiger partial charge in [0.1, 0.15) is 5.82 Å². The molecule has 108 valence electrons. The monoisotopic (exact) mass is 277 g/mol. The molecule has 0 aromatic carbocycles. The fourth-order valence-corrected chi connectivity index (χ4v) is 1.60. The van der Waals surface area contributed by atoms with Crippen LogP contribution in [0.3, 0.4) is 0 Å². The van der Waals surface area contributed by atoms with Crippen LogP contribution in [-0.2, 0) is 4.79 Å². The second kappa shape index (κ2) is 5.32. The maximum Gasteiger partial charge on any atom is 0.226 e. The summed E-state index contributed by atoms with van der Waals surface area (Å²) < 4.78 is 0. The van der Waals surface area contributed by atoms with Crippen molar-refractivity contribution in [2.24, 2.45) is 11.1 Å². The lowest BCUT2D eigenvalue weighted by atomic mass is 9.93. The number of fused-ring (bicyclic) bond motifs is 1. The van der Waals surface area contributed by atoms with Crippen molar-refractivity contribution in [2.75, 3.05) is 23.7 Å². The predicted octanol–water partition coefficient (Wildman–Crippen LogP) is 0.708. The molecular formula is C12H19N7O. The Labute approximate surface area is 116 Å². The Morgan fingerprint density at radius 2 is 2.15 bits per heavy atom. The lowest BCUT2D eigenvalue weighted by Crippen LogP contribution is -2.37. The fraction of sp³-hybridized carbons (Fsp3) is 0.500. The van der Waals surface area contributed by atoms with Crippen molar-refractivity contribution in [1.29, 1.82) is 0 Å². The van der Waals surface area contributed by atoms with Crippen molar-refractivity contribution in [1.82, 2.24) is 20.2 Å². The molecule has 8 heteroatoms. The van der Waals surface area contributed by atoms with Crippen LogP contribution in [0.5, 0.6) is 0 Å². The first-order valence-corrected chi connectivity index (χ1v) is 6.43. The number of H-pyrrole nitrogens is 1. The zero-order chi connectivity index (χ0) is 14.8. The van der Waals surface area contributed by atoms with Gasteiger partial charge in [-0.25, -0.2) is 0 Å². The van der Waals surface area contributed by atoms with E-state index in [9.17, 15) is 4.79 Å². The van der Waals surface area contributed by atoms with E-state index in [1.54, 1.807) is 20.0 Å². The number of hydrogen-bond donors (Lipinski definition) is 4. The van der Waals surface area contributed by atoms with Crippen LogP contribution in [0.4, 0.5) is 11.8 Å². The first-order valence-electron chi connectivity index (χ1n) is 6.43. The highest BCUT2D eigenvalue weighted by atomic mass is 16.1. The Morgan fingerprint density at radius 1 is 1.40 bits per heavy atom. The molecule has 20 heavy (non-hydrogen) atoms. The van der Waals surface area contributed by atoms with Crippen LogP contribution in [0.2, 0.25) is 0 Å². The number of carbonyl (C=O) groups excluding carboxylic acids is 1. The average molecular weight is 277 g/mol. The van der Waals surface area contributed by atoms with E-state index in [0.29, 0.717) is 30.5 Å². The summed E-state index contributed by atoms with van der Waals surface area (Å²) >= 11 is 0. The van der Waals surface area contributed by atoms with Crippen LogP contribution in [0.15, 0.2) is 6.20 Å². The van der Waals surface area contributed by atoms with Crippen molar-refractivity contribution in [3.05, 3.63) is 6.20 Å². The van der Waals surface area contributed by atoms with Gasteiger partial charge in [0.25, 0.3) is 0 Å². The van der Waals surface area contributed by atoms with E-state index in [0.717, 1.165) is 5.39 Å². The number of carbonyl (C=O) groups is 1. The summed E-state index contributed by atoms with van der Waals surface area (Å²) in [6.07, 6.45) is 1.64. The summed E-state index contributed by atoms with van der Waals surface area (Å²) in [5, 5.41) is 13.7. The van der Waals surface area contributed by atoms with Crippen molar-refractivity contribution in [3.8, 4) is 0 Å². The summed E-state index contributed by atoms with van der Waals surface area (Å²) in [4.78, 5) is 20.0. The van der Waals surface area contributed by atoms with Crippen molar-refractivity contribution in [3.63, 3.8) is 0 Å². The SMILES string of the molecule is CCNc1nc(NCC(C)(C)C(N)=O)c2cn[nH]c2n1. The first kappa shape index (κ1) is 14.0. The minimum Gasteiger partial charge on any atom is -0.369 e. The van der Waals surface area contributed by atoms with Gasteiger partial charge in [0.05, 0.1) is 17.0 Å². The van der Waals surface area contributed by atoms with E-state index < -0.39 is 5.41 Å². The number of aromatic nitrogens is 4. The van der Waals surface area contributed by atoms with Crippen LogP contribution in [0.25, 0.3) is 11.0 Å². The van der Waals surface area contributed by atoms with Gasteiger partial charge in [-0.3, -0.25) is 9.89 Å². The van der Waals surface area contributed by atoms with Gasteiger partial charge in [-0.05, 0) is 20.8 Å². The number of nitrogens with zero attached hydrogens (tertiary/aromatic N) is 3. The Kier molecular flexibility index (Phi) is 3.73. The number of nitrogens with one attached hydrogen (secondary N) is 3. The van der Waals surface area contributed by atoms with Crippen molar-refractivity contribution in [2.45, 2.75) is 20.8 Å². The van der Waals surface area contributed by atoms with Crippen LogP contribution in [0, 0.1) is 5.41 Å². The molecule has 2 heterocycles. The van der Waals surface area contributed by atoms with Crippen LogP contribution >= 0.6 is 0 Å². The number of nitrogens with two attached hydrogens (primary N) is 1. The van der Waals surface area contributed by atoms with Crippen LogP contribution in [-0.4, -0.2) is 39.2 Å². The highest BCUT2D eigenvalue weighted by molar-refractivity contribution is 5.87. The fourth-order valence-electron chi connectivity index (χ4n) is 1.60. The van der Waals surface area contributed by atoms with Gasteiger partial charge in [-0.1, -0.05) is 0 Å². The number of amides is 1. The predicted molar refractivity (Wildman–Crippen MR) is 77.3 cm³/mol. The Bertz CT molecular complexity index is 619. The molecule has 0 unspecified atom stereocenters. The van der Waals surface area contributed by atoms with Crippen LogP contribution < -0.4 is 16.4 Å². The van der Waals surface area contributed by atoms with Gasteiger partial charge >= 0.3 is 0 Å². The summed E-state index contributed by atoms with van der Waals surface area (Å²) in [5.41, 5.74) is 5.33. The lowest BCUT2D eigenvalue weighted by Gasteiger charge is -2.21. The van der Waals surface area contributed by atoms with E-state index in [-0.39, 0.29) is 5.91 Å². The Morgan fingerprint density at radius 3 is 2.80 bits per heavy atom. The molecule has 0 aliphatic carbocycles. The molecule has 0 atom stereocenters. The molecule has 2 aromatic rings. The zero-order valence-electron chi connectivity index (χ0n) is 11.8. The summed E-state index contributed by atoms with van der Waals surface area (Å²) in [5.74, 6) is 0.757. The molecule has 0 radical (unpaired) electrons. The molecular weight excluding hydrogens is 258 g/mol. The van der Waals surface area contributed by atoms with Gasteiger partial charge in [0.2, 0.25) is 11.9 Å². The summed E-state index contributed by atoms with van der Waals surface area (Å²) in [6, 6.07) is 0. The van der Waals surface area contributed by atoms with E-state index in [1.165, 1.54) is 0 Å². The second-order valence-electron chi connectivity index (χ2n) is 5.16. The van der Waals surface area contributed by atoms with E-state index in [4.69, 9.17) is 5.73 Å². The quantitative estimate of drug-likeness (QED) is 0.617. The second-order valence-corrected chi connectivity index (χ2v) is 5.16. The molecule has 0 fully saturated rings. The van der Waals surface area contributed by atoms with Gasteiger partial charge in [0.15, 0.2) is 5.65 Å². The van der Waals surface area contributed by atoms with E-state index >= 15 is 0 Å². The number of hydrogen-bond acceptors (Lipinski definition) is 6. The maximum atomic E-state index is 11.3. The lowest BCUT2D eigenvalue weighted by molar-refractivity contribution is -0.125. The molecule has 0 spiro atoms. The first-order chi connectivity index (χ1) is 9.44. The normalized spacial score (nSPS) is 11.6. The van der Waals surface area contributed by atoms with Crippen molar-refractivity contribution < 1.29 is 4.79 Å². The van der Waals surface area contributed by atoms with Crippen LogP contribution in [0.1, 0.15) is 20.8 Å². The van der Waals surface area contributed by atoms with E-state index in [1.807, 2.05) is 6.92 Å². The van der Waals surface area contributed by atoms with Crippen molar-refractivity contribution >= 4 is 28.7 Å². The molecule has 0 bridgehead atoms. The molecule has 5 N–H and O–H groups in total. The zero-order valence-corrected chi connectivity index (χ0v) is 11.8. The third-order valence-electron chi connectivity index (χ3n) is 3.01. The standard InChI is InChI=1S/C12H19N7O/c1-4-14-11-17-8(7-5-16-19-9(7)18-11)15-6-12(2,3)10(13)20/h5H,4,6H2,1-3H3,(H2,13,20)(H3,14,15,16,17,18,19). The highest BCUT2D eigenvalue weighted by Gasteiger charge is 2.25. The molecule has 0 aliphatic heterocycles. The van der Waals surface area contributed by atoms with Gasteiger partial charge in [0, 0.05) is 13.1 Å². The largest absolute Gasteiger partial charge is 0.369 e. The van der Waals surface area contributed by atoms with Gasteiger partial charge in [-0.15, -0.1) is 0 Å². The Hall–Kier alpha value is -2.38. The third-order valence-corrected chi connectivity index (χ3v) is 3.01. The molecule has 2 rings (SSSR count). The van der Waals surface area contributed by atoms with E-state index in [2.05, 4.69) is 30.8 Å². The molecule has 8 nitrogen and oxygen atoms in total. The van der Waals surface area contributed by atoms with Gasteiger partial charge < -0.3 is 16.4 Å². The summed E-state index contributed by atoms with van der Waals surface area (Å²) in [7, 11) is 0. The van der Waals surface area contributed by atoms with Gasteiger partial charge in [-0.2, -0.15) is 15.1 Å². The number of anilines is 2. The smallest absolute Gasteiger partial charge is 0.226 e. The molecule has 0 saturated heterocycles. The molecule has 0 aliphatic rings. The highest BCUT2D eigenvalue weighted by Crippen LogP contribution is 2.22. The molecule has 1 amide bonds. The Balaban J connectivity index is 2.28. The molecule has 0 saturated carbocycles. The number of aromatic amines is 1. The maximum absolute atomic E-state index is 11.3. The molecule has 2 aromatic heterocycles. The minimum atomic E-state index is -0.667.